The molecule has 0 radical (unpaired) electrons. The van der Waals surface area contributed by atoms with Crippen molar-refractivity contribution in [1.82, 2.24) is 10.3 Å². The Morgan fingerprint density at radius 2 is 2.15 bits per heavy atom. The van der Waals surface area contributed by atoms with E-state index in [-0.39, 0.29) is 0 Å². The van der Waals surface area contributed by atoms with E-state index in [0.717, 1.165) is 30.0 Å². The zero-order valence-corrected chi connectivity index (χ0v) is 13.9. The first-order chi connectivity index (χ1) is 9.60. The number of hydrogen-bond acceptors (Lipinski definition) is 3. The van der Waals surface area contributed by atoms with Gasteiger partial charge in [0.25, 0.3) is 0 Å². The Balaban J connectivity index is 2.05. The van der Waals surface area contributed by atoms with Gasteiger partial charge in [-0.05, 0) is 37.6 Å². The standard InChI is InChI=1S/C15H18Cl2N2S/c1-3-6-18-10(2)14-9-19-15(20-14)7-11-4-5-12(16)8-13(11)17/h4-5,8-10,18H,3,6-7H2,1-2H3. The van der Waals surface area contributed by atoms with Gasteiger partial charge in [-0.15, -0.1) is 11.3 Å². The Kier molecular flexibility index (Phi) is 5.85. The third-order valence-corrected chi connectivity index (χ3v) is 4.82. The summed E-state index contributed by atoms with van der Waals surface area (Å²) in [4.78, 5) is 5.75. The molecule has 1 atom stereocenters. The van der Waals surface area contributed by atoms with E-state index in [1.807, 2.05) is 18.3 Å². The monoisotopic (exact) mass is 328 g/mol. The van der Waals surface area contributed by atoms with Gasteiger partial charge in [-0.3, -0.25) is 0 Å². The molecule has 0 saturated heterocycles. The molecule has 1 aromatic heterocycles. The van der Waals surface area contributed by atoms with Crippen LogP contribution >= 0.6 is 34.5 Å². The van der Waals surface area contributed by atoms with Crippen molar-refractivity contribution in [3.63, 3.8) is 0 Å². The fourth-order valence-corrected chi connectivity index (χ4v) is 3.34. The molecule has 2 aromatic rings. The third kappa shape index (κ3) is 4.19. The van der Waals surface area contributed by atoms with Crippen molar-refractivity contribution in [1.29, 1.82) is 0 Å². The molecule has 1 N–H and O–H groups in total. The lowest BCUT2D eigenvalue weighted by Crippen LogP contribution is -2.18. The van der Waals surface area contributed by atoms with Crippen LogP contribution in [0.4, 0.5) is 0 Å². The molecule has 0 spiro atoms. The van der Waals surface area contributed by atoms with Gasteiger partial charge in [-0.25, -0.2) is 4.98 Å². The van der Waals surface area contributed by atoms with Gasteiger partial charge in [0.1, 0.15) is 0 Å². The molecular weight excluding hydrogens is 311 g/mol. The van der Waals surface area contributed by atoms with Crippen molar-refractivity contribution in [3.05, 3.63) is 49.9 Å². The van der Waals surface area contributed by atoms with Gasteiger partial charge in [0, 0.05) is 33.6 Å². The molecule has 0 bridgehead atoms. The number of aromatic nitrogens is 1. The summed E-state index contributed by atoms with van der Waals surface area (Å²) >= 11 is 13.8. The van der Waals surface area contributed by atoms with Crippen molar-refractivity contribution in [3.8, 4) is 0 Å². The van der Waals surface area contributed by atoms with E-state index in [1.54, 1.807) is 17.4 Å². The summed E-state index contributed by atoms with van der Waals surface area (Å²) in [5, 5.41) is 5.91. The molecular formula is C15H18Cl2N2S. The summed E-state index contributed by atoms with van der Waals surface area (Å²) in [6, 6.07) is 5.95. The fourth-order valence-electron chi connectivity index (χ4n) is 1.90. The Hall–Kier alpha value is -0.610. The summed E-state index contributed by atoms with van der Waals surface area (Å²) in [6.07, 6.45) is 3.84. The van der Waals surface area contributed by atoms with E-state index in [2.05, 4.69) is 24.1 Å². The number of nitrogens with one attached hydrogen (secondary N) is 1. The summed E-state index contributed by atoms with van der Waals surface area (Å²) < 4.78 is 0. The second kappa shape index (κ2) is 7.41. The molecule has 2 nitrogen and oxygen atoms in total. The van der Waals surface area contributed by atoms with Crippen molar-refractivity contribution in [2.75, 3.05) is 6.54 Å². The fraction of sp³-hybridized carbons (Fsp3) is 0.400. The van der Waals surface area contributed by atoms with E-state index in [4.69, 9.17) is 23.2 Å². The SMILES string of the molecule is CCCNC(C)c1cnc(Cc2ccc(Cl)cc2Cl)s1. The summed E-state index contributed by atoms with van der Waals surface area (Å²) in [6.45, 7) is 5.36. The molecule has 20 heavy (non-hydrogen) atoms. The van der Waals surface area contributed by atoms with Crippen LogP contribution in [0.3, 0.4) is 0 Å². The molecule has 0 fully saturated rings. The second-order valence-electron chi connectivity index (χ2n) is 4.74. The van der Waals surface area contributed by atoms with Gasteiger partial charge in [-0.1, -0.05) is 36.2 Å². The number of benzene rings is 1. The van der Waals surface area contributed by atoms with Crippen molar-refractivity contribution in [2.24, 2.45) is 0 Å². The Morgan fingerprint density at radius 3 is 2.85 bits per heavy atom. The minimum Gasteiger partial charge on any atom is -0.309 e. The normalized spacial score (nSPS) is 12.6. The highest BCUT2D eigenvalue weighted by Crippen LogP contribution is 2.27. The van der Waals surface area contributed by atoms with Crippen LogP contribution in [-0.2, 0) is 6.42 Å². The number of hydrogen-bond donors (Lipinski definition) is 1. The van der Waals surface area contributed by atoms with E-state index in [0.29, 0.717) is 16.1 Å². The molecule has 108 valence electrons. The van der Waals surface area contributed by atoms with Crippen LogP contribution in [-0.4, -0.2) is 11.5 Å². The van der Waals surface area contributed by atoms with Crippen LogP contribution in [0.5, 0.6) is 0 Å². The van der Waals surface area contributed by atoms with Crippen LogP contribution in [0.1, 0.15) is 41.8 Å². The molecule has 5 heteroatoms. The molecule has 2 rings (SSSR count). The van der Waals surface area contributed by atoms with Crippen LogP contribution in [0.25, 0.3) is 0 Å². The van der Waals surface area contributed by atoms with Crippen molar-refractivity contribution < 1.29 is 0 Å². The summed E-state index contributed by atoms with van der Waals surface area (Å²) in [5.74, 6) is 0. The van der Waals surface area contributed by atoms with Crippen molar-refractivity contribution >= 4 is 34.5 Å². The molecule has 0 aliphatic heterocycles. The lowest BCUT2D eigenvalue weighted by Gasteiger charge is -2.09. The molecule has 0 aliphatic carbocycles. The topological polar surface area (TPSA) is 24.9 Å². The second-order valence-corrected chi connectivity index (χ2v) is 6.74. The van der Waals surface area contributed by atoms with Crippen molar-refractivity contribution in [2.45, 2.75) is 32.7 Å². The van der Waals surface area contributed by atoms with E-state index in [1.165, 1.54) is 4.88 Å². The van der Waals surface area contributed by atoms with Gasteiger partial charge in [0.2, 0.25) is 0 Å². The maximum atomic E-state index is 6.20. The third-order valence-electron chi connectivity index (χ3n) is 3.06. The minimum absolute atomic E-state index is 0.349. The highest BCUT2D eigenvalue weighted by molar-refractivity contribution is 7.11. The highest BCUT2D eigenvalue weighted by Gasteiger charge is 2.10. The van der Waals surface area contributed by atoms with Gasteiger partial charge in [0.05, 0.1) is 5.01 Å². The zero-order chi connectivity index (χ0) is 14.5. The minimum atomic E-state index is 0.349. The number of rotatable bonds is 6. The van der Waals surface area contributed by atoms with E-state index >= 15 is 0 Å². The molecule has 1 aromatic carbocycles. The maximum Gasteiger partial charge on any atom is 0.0972 e. The van der Waals surface area contributed by atoms with Crippen LogP contribution < -0.4 is 5.32 Å². The maximum absolute atomic E-state index is 6.20. The molecule has 1 heterocycles. The predicted octanol–water partition coefficient (Wildman–Crippen LogP) is 5.10. The predicted molar refractivity (Wildman–Crippen MR) is 88.1 cm³/mol. The average Bonchev–Trinajstić information content (AvgIpc) is 2.88. The highest BCUT2D eigenvalue weighted by atomic mass is 35.5. The quantitative estimate of drug-likeness (QED) is 0.797. The van der Waals surface area contributed by atoms with Gasteiger partial charge < -0.3 is 5.32 Å². The molecule has 1 unspecified atom stereocenters. The smallest absolute Gasteiger partial charge is 0.0972 e. The molecule has 0 saturated carbocycles. The lowest BCUT2D eigenvalue weighted by molar-refractivity contribution is 0.577. The largest absolute Gasteiger partial charge is 0.309 e. The first kappa shape index (κ1) is 15.8. The van der Waals surface area contributed by atoms with E-state index in [9.17, 15) is 0 Å². The number of halogens is 2. The van der Waals surface area contributed by atoms with Crippen LogP contribution in [0.2, 0.25) is 10.0 Å². The Labute approximate surface area is 134 Å². The Morgan fingerprint density at radius 1 is 1.35 bits per heavy atom. The average molecular weight is 329 g/mol. The van der Waals surface area contributed by atoms with E-state index < -0.39 is 0 Å². The Bertz CT molecular complexity index is 569. The number of nitrogens with zero attached hydrogens (tertiary/aromatic N) is 1. The van der Waals surface area contributed by atoms with Gasteiger partial charge >= 0.3 is 0 Å². The summed E-state index contributed by atoms with van der Waals surface area (Å²) in [7, 11) is 0. The summed E-state index contributed by atoms with van der Waals surface area (Å²) in [5.41, 5.74) is 1.06. The molecule has 0 aliphatic rings. The van der Waals surface area contributed by atoms with Gasteiger partial charge in [0.15, 0.2) is 0 Å². The van der Waals surface area contributed by atoms with Crippen LogP contribution in [0, 0.1) is 0 Å². The van der Waals surface area contributed by atoms with Crippen LogP contribution in [0.15, 0.2) is 24.4 Å². The first-order valence-electron chi connectivity index (χ1n) is 6.72. The molecule has 0 amide bonds. The zero-order valence-electron chi connectivity index (χ0n) is 11.6. The lowest BCUT2D eigenvalue weighted by atomic mass is 10.1. The number of thiazole rings is 1. The first-order valence-corrected chi connectivity index (χ1v) is 8.29. The van der Waals surface area contributed by atoms with Gasteiger partial charge in [-0.2, -0.15) is 0 Å².